The molecule has 0 spiro atoms. The minimum absolute atomic E-state index is 0.0137. The van der Waals surface area contributed by atoms with Gasteiger partial charge in [0.15, 0.2) is 0 Å². The zero-order chi connectivity index (χ0) is 18.9. The van der Waals surface area contributed by atoms with E-state index in [1.165, 1.54) is 6.42 Å². The molecule has 1 atom stereocenters. The Kier molecular flexibility index (Phi) is 5.30. The van der Waals surface area contributed by atoms with Crippen LogP contribution in [0.3, 0.4) is 0 Å². The van der Waals surface area contributed by atoms with Crippen LogP contribution >= 0.6 is 0 Å². The number of rotatable bonds is 5. The number of nitrogens with zero attached hydrogens (tertiary/aromatic N) is 3. The highest BCUT2D eigenvalue weighted by atomic mass is 16.3. The minimum Gasteiger partial charge on any atom is -0.395 e. The van der Waals surface area contributed by atoms with Crippen LogP contribution in [-0.2, 0) is 6.54 Å². The van der Waals surface area contributed by atoms with Crippen LogP contribution in [-0.4, -0.2) is 50.0 Å². The van der Waals surface area contributed by atoms with Crippen LogP contribution < -0.4 is 5.56 Å². The first-order chi connectivity index (χ1) is 13.1. The standard InChI is InChI=1S/C21H29N3O3/c25-14-13-24-19(22-17-8-3-2-7-16(17)20(24)26)18-9-6-12-23(18)15-21(27)10-4-1-5-11-21/h2-3,7-8,18,25,27H,1,4-6,9-15H2. The van der Waals surface area contributed by atoms with E-state index >= 15 is 0 Å². The van der Waals surface area contributed by atoms with Gasteiger partial charge in [-0.15, -0.1) is 0 Å². The lowest BCUT2D eigenvalue weighted by molar-refractivity contribution is -0.0302. The van der Waals surface area contributed by atoms with E-state index in [9.17, 15) is 15.0 Å². The van der Waals surface area contributed by atoms with Crippen molar-refractivity contribution in [2.75, 3.05) is 19.7 Å². The third kappa shape index (κ3) is 3.66. The van der Waals surface area contributed by atoms with Crippen molar-refractivity contribution >= 4 is 10.9 Å². The molecule has 1 aromatic carbocycles. The van der Waals surface area contributed by atoms with Gasteiger partial charge in [-0.25, -0.2) is 4.98 Å². The Morgan fingerprint density at radius 2 is 1.93 bits per heavy atom. The SMILES string of the molecule is O=c1c2ccccc2nc(C2CCCN2CC2(O)CCCCC2)n1CCO. The highest BCUT2D eigenvalue weighted by Gasteiger charge is 2.37. The average Bonchev–Trinajstić information content (AvgIpc) is 3.12. The quantitative estimate of drug-likeness (QED) is 0.843. The van der Waals surface area contributed by atoms with E-state index in [4.69, 9.17) is 4.98 Å². The first-order valence-corrected chi connectivity index (χ1v) is 10.2. The molecule has 0 amide bonds. The van der Waals surface area contributed by atoms with Crippen molar-refractivity contribution < 1.29 is 10.2 Å². The van der Waals surface area contributed by atoms with Gasteiger partial charge in [-0.1, -0.05) is 31.4 Å². The van der Waals surface area contributed by atoms with Gasteiger partial charge in [0, 0.05) is 6.54 Å². The van der Waals surface area contributed by atoms with Gasteiger partial charge in [-0.05, 0) is 44.4 Å². The lowest BCUT2D eigenvalue weighted by Gasteiger charge is -2.38. The van der Waals surface area contributed by atoms with E-state index < -0.39 is 5.60 Å². The Labute approximate surface area is 159 Å². The zero-order valence-electron chi connectivity index (χ0n) is 15.8. The summed E-state index contributed by atoms with van der Waals surface area (Å²) >= 11 is 0. The molecule has 1 aliphatic heterocycles. The highest BCUT2D eigenvalue weighted by molar-refractivity contribution is 5.77. The Morgan fingerprint density at radius 3 is 2.70 bits per heavy atom. The van der Waals surface area contributed by atoms with Crippen LogP contribution in [0.25, 0.3) is 10.9 Å². The lowest BCUT2D eigenvalue weighted by Crippen LogP contribution is -2.45. The van der Waals surface area contributed by atoms with Gasteiger partial charge in [-0.2, -0.15) is 0 Å². The van der Waals surface area contributed by atoms with Gasteiger partial charge in [0.05, 0.1) is 35.7 Å². The number of hydrogen-bond acceptors (Lipinski definition) is 5. The zero-order valence-corrected chi connectivity index (χ0v) is 15.8. The smallest absolute Gasteiger partial charge is 0.261 e. The predicted octanol–water partition coefficient (Wildman–Crippen LogP) is 2.22. The first-order valence-electron chi connectivity index (χ1n) is 10.2. The molecule has 2 aromatic rings. The molecule has 1 saturated carbocycles. The summed E-state index contributed by atoms with van der Waals surface area (Å²) in [5.41, 5.74) is -0.0115. The lowest BCUT2D eigenvalue weighted by atomic mass is 9.84. The fourth-order valence-corrected chi connectivity index (χ4v) is 4.81. The number of β-amino-alcohol motifs (C(OH)–C–C–N with tert-alkyl or cyclic N) is 1. The van der Waals surface area contributed by atoms with Gasteiger partial charge in [0.25, 0.3) is 5.56 Å². The molecule has 2 fully saturated rings. The maximum absolute atomic E-state index is 13.0. The monoisotopic (exact) mass is 371 g/mol. The highest BCUT2D eigenvalue weighted by Crippen LogP contribution is 2.36. The van der Waals surface area contributed by atoms with Crippen molar-refractivity contribution in [1.82, 2.24) is 14.5 Å². The number of para-hydroxylation sites is 1. The average molecular weight is 371 g/mol. The maximum Gasteiger partial charge on any atom is 0.261 e. The number of benzene rings is 1. The molecule has 2 N–H and O–H groups in total. The van der Waals surface area contributed by atoms with Crippen molar-refractivity contribution in [2.24, 2.45) is 0 Å². The molecule has 6 heteroatoms. The molecular weight excluding hydrogens is 342 g/mol. The minimum atomic E-state index is -0.625. The van der Waals surface area contributed by atoms with Gasteiger partial charge in [0.2, 0.25) is 0 Å². The summed E-state index contributed by atoms with van der Waals surface area (Å²) < 4.78 is 1.64. The third-order valence-electron chi connectivity index (χ3n) is 6.16. The van der Waals surface area contributed by atoms with Gasteiger partial charge >= 0.3 is 0 Å². The number of aromatic nitrogens is 2. The second-order valence-corrected chi connectivity index (χ2v) is 8.08. The van der Waals surface area contributed by atoms with E-state index in [0.717, 1.165) is 50.9 Å². The molecule has 6 nitrogen and oxygen atoms in total. The third-order valence-corrected chi connectivity index (χ3v) is 6.16. The molecule has 1 aromatic heterocycles. The molecule has 1 saturated heterocycles. The van der Waals surface area contributed by atoms with Crippen LogP contribution in [0.2, 0.25) is 0 Å². The fourth-order valence-electron chi connectivity index (χ4n) is 4.81. The van der Waals surface area contributed by atoms with Crippen LogP contribution in [0.5, 0.6) is 0 Å². The number of aliphatic hydroxyl groups excluding tert-OH is 1. The van der Waals surface area contributed by atoms with E-state index in [-0.39, 0.29) is 24.8 Å². The largest absolute Gasteiger partial charge is 0.395 e. The van der Waals surface area contributed by atoms with E-state index in [1.807, 2.05) is 18.2 Å². The predicted molar refractivity (Wildman–Crippen MR) is 105 cm³/mol. The van der Waals surface area contributed by atoms with Gasteiger partial charge in [0.1, 0.15) is 5.82 Å². The molecule has 0 bridgehead atoms. The topological polar surface area (TPSA) is 78.6 Å². The van der Waals surface area contributed by atoms with Crippen LogP contribution in [0.4, 0.5) is 0 Å². The summed E-state index contributed by atoms with van der Waals surface area (Å²) in [6.45, 7) is 1.71. The maximum atomic E-state index is 13.0. The summed E-state index contributed by atoms with van der Waals surface area (Å²) in [4.78, 5) is 20.1. The second kappa shape index (κ2) is 7.70. The summed E-state index contributed by atoms with van der Waals surface area (Å²) in [5, 5.41) is 21.1. The van der Waals surface area contributed by atoms with Crippen LogP contribution in [0.1, 0.15) is 56.8 Å². The van der Waals surface area contributed by atoms with Crippen molar-refractivity contribution in [2.45, 2.75) is 63.1 Å². The molecule has 4 rings (SSSR count). The molecule has 2 heterocycles. The Hall–Kier alpha value is -1.76. The normalized spacial score (nSPS) is 23.1. The Morgan fingerprint density at radius 1 is 1.15 bits per heavy atom. The number of aliphatic hydroxyl groups is 2. The number of likely N-dealkylation sites (tertiary alicyclic amines) is 1. The molecule has 0 radical (unpaired) electrons. The summed E-state index contributed by atoms with van der Waals surface area (Å²) in [6.07, 6.45) is 7.02. The van der Waals surface area contributed by atoms with E-state index in [2.05, 4.69) is 4.90 Å². The summed E-state index contributed by atoms with van der Waals surface area (Å²) in [6, 6.07) is 7.41. The number of fused-ring (bicyclic) bond motifs is 1. The first kappa shape index (κ1) is 18.6. The molecular formula is C21H29N3O3. The van der Waals surface area contributed by atoms with E-state index in [1.54, 1.807) is 10.6 Å². The van der Waals surface area contributed by atoms with Crippen molar-refractivity contribution in [3.8, 4) is 0 Å². The summed E-state index contributed by atoms with van der Waals surface area (Å²) in [5.74, 6) is 0.727. The summed E-state index contributed by atoms with van der Waals surface area (Å²) in [7, 11) is 0. The van der Waals surface area contributed by atoms with Crippen molar-refractivity contribution in [1.29, 1.82) is 0 Å². The Balaban J connectivity index is 1.71. The van der Waals surface area contributed by atoms with Gasteiger partial charge < -0.3 is 10.2 Å². The molecule has 27 heavy (non-hydrogen) atoms. The molecule has 146 valence electrons. The van der Waals surface area contributed by atoms with Gasteiger partial charge in [-0.3, -0.25) is 14.3 Å². The second-order valence-electron chi connectivity index (χ2n) is 8.08. The molecule has 2 aliphatic rings. The van der Waals surface area contributed by atoms with E-state index in [0.29, 0.717) is 17.4 Å². The molecule has 1 aliphatic carbocycles. The van der Waals surface area contributed by atoms with Crippen LogP contribution in [0, 0.1) is 0 Å². The van der Waals surface area contributed by atoms with Crippen LogP contribution in [0.15, 0.2) is 29.1 Å². The fraction of sp³-hybridized carbons (Fsp3) is 0.619. The van der Waals surface area contributed by atoms with Crippen molar-refractivity contribution in [3.63, 3.8) is 0 Å². The number of hydrogen-bond donors (Lipinski definition) is 2. The molecule has 1 unspecified atom stereocenters. The van der Waals surface area contributed by atoms with Crippen molar-refractivity contribution in [3.05, 3.63) is 40.4 Å². The Bertz CT molecular complexity index is 857.